The van der Waals surface area contributed by atoms with Crippen LogP contribution in [0.5, 0.6) is 5.75 Å². The highest BCUT2D eigenvalue weighted by Crippen LogP contribution is 2.32. The maximum absolute atomic E-state index is 11.0. The zero-order valence-corrected chi connectivity index (χ0v) is 15.3. The first-order chi connectivity index (χ1) is 11.5. The molecule has 2 aromatic carbocycles. The Bertz CT molecular complexity index is 647. The standard InChI is InChI=1S/C21H25ClO2/c1-4-18(20-7-5-17(14-22)6-8-20)13-15(2)19-9-11-21(12-10-19)24-16(3)23/h5-12,15,18H,4,13-14H2,1-3H3. The molecule has 0 aromatic heterocycles. The van der Waals surface area contributed by atoms with Crippen LogP contribution in [0.15, 0.2) is 48.5 Å². The zero-order valence-electron chi connectivity index (χ0n) is 14.6. The second-order valence-corrected chi connectivity index (χ2v) is 6.55. The van der Waals surface area contributed by atoms with E-state index in [1.807, 2.05) is 24.3 Å². The van der Waals surface area contributed by atoms with Crippen molar-refractivity contribution in [1.29, 1.82) is 0 Å². The summed E-state index contributed by atoms with van der Waals surface area (Å²) in [5.74, 6) is 1.83. The molecule has 0 aliphatic rings. The molecule has 2 rings (SSSR count). The number of esters is 1. The topological polar surface area (TPSA) is 26.3 Å². The highest BCUT2D eigenvalue weighted by molar-refractivity contribution is 6.17. The van der Waals surface area contributed by atoms with Crippen LogP contribution in [0.25, 0.3) is 0 Å². The highest BCUT2D eigenvalue weighted by Gasteiger charge is 2.15. The van der Waals surface area contributed by atoms with Gasteiger partial charge in [-0.2, -0.15) is 0 Å². The molecule has 3 heteroatoms. The van der Waals surface area contributed by atoms with Crippen molar-refractivity contribution in [1.82, 2.24) is 0 Å². The van der Waals surface area contributed by atoms with Crippen LogP contribution in [-0.2, 0) is 10.7 Å². The molecule has 0 aliphatic carbocycles. The second-order valence-electron chi connectivity index (χ2n) is 6.28. The number of benzene rings is 2. The van der Waals surface area contributed by atoms with Gasteiger partial charge in [0.25, 0.3) is 0 Å². The number of carbonyl (C=O) groups is 1. The summed E-state index contributed by atoms with van der Waals surface area (Å²) in [5.41, 5.74) is 3.79. The average molecular weight is 345 g/mol. The molecule has 0 fully saturated rings. The minimum absolute atomic E-state index is 0.290. The molecule has 0 saturated heterocycles. The summed E-state index contributed by atoms with van der Waals surface area (Å²) in [5, 5.41) is 0. The van der Waals surface area contributed by atoms with E-state index in [1.54, 1.807) is 0 Å². The first-order valence-corrected chi connectivity index (χ1v) is 9.00. The predicted molar refractivity (Wildman–Crippen MR) is 99.8 cm³/mol. The SMILES string of the molecule is CCC(CC(C)c1ccc(OC(C)=O)cc1)c1ccc(CCl)cc1. The van der Waals surface area contributed by atoms with E-state index >= 15 is 0 Å². The Morgan fingerprint density at radius 1 is 1.04 bits per heavy atom. The van der Waals surface area contributed by atoms with Crippen LogP contribution in [0.3, 0.4) is 0 Å². The van der Waals surface area contributed by atoms with Crippen molar-refractivity contribution in [2.75, 3.05) is 0 Å². The number of alkyl halides is 1. The summed E-state index contributed by atoms with van der Waals surface area (Å²) in [6.45, 7) is 5.89. The van der Waals surface area contributed by atoms with Gasteiger partial charge in [-0.15, -0.1) is 11.6 Å². The fourth-order valence-electron chi connectivity index (χ4n) is 3.01. The zero-order chi connectivity index (χ0) is 17.5. The average Bonchev–Trinajstić information content (AvgIpc) is 2.59. The largest absolute Gasteiger partial charge is 0.427 e. The van der Waals surface area contributed by atoms with Crippen molar-refractivity contribution in [2.45, 2.75) is 51.3 Å². The first-order valence-electron chi connectivity index (χ1n) is 8.46. The van der Waals surface area contributed by atoms with E-state index in [4.69, 9.17) is 16.3 Å². The lowest BCUT2D eigenvalue weighted by molar-refractivity contribution is -0.131. The summed E-state index contributed by atoms with van der Waals surface area (Å²) in [6.07, 6.45) is 2.19. The molecule has 2 nitrogen and oxygen atoms in total. The Morgan fingerprint density at radius 2 is 1.62 bits per heavy atom. The van der Waals surface area contributed by atoms with Gasteiger partial charge in [0.2, 0.25) is 0 Å². The Kier molecular flexibility index (Phi) is 6.86. The van der Waals surface area contributed by atoms with E-state index < -0.39 is 0 Å². The van der Waals surface area contributed by atoms with Gasteiger partial charge in [-0.1, -0.05) is 50.2 Å². The third kappa shape index (κ3) is 5.10. The van der Waals surface area contributed by atoms with Gasteiger partial charge < -0.3 is 4.74 Å². The van der Waals surface area contributed by atoms with E-state index in [0.717, 1.165) is 18.4 Å². The lowest BCUT2D eigenvalue weighted by atomic mass is 9.84. The van der Waals surface area contributed by atoms with Crippen LogP contribution in [-0.4, -0.2) is 5.97 Å². The molecule has 0 radical (unpaired) electrons. The molecule has 0 amide bonds. The highest BCUT2D eigenvalue weighted by atomic mass is 35.5. The quantitative estimate of drug-likeness (QED) is 0.348. The van der Waals surface area contributed by atoms with E-state index in [-0.39, 0.29) is 5.97 Å². The third-order valence-corrected chi connectivity index (χ3v) is 4.76. The van der Waals surface area contributed by atoms with E-state index in [0.29, 0.717) is 23.5 Å². The normalized spacial score (nSPS) is 13.3. The number of carbonyl (C=O) groups excluding carboxylic acids is 1. The minimum atomic E-state index is -0.290. The third-order valence-electron chi connectivity index (χ3n) is 4.45. The van der Waals surface area contributed by atoms with Crippen LogP contribution in [0, 0.1) is 0 Å². The Labute approximate surface area is 149 Å². The molecule has 0 saturated carbocycles. The van der Waals surface area contributed by atoms with E-state index in [9.17, 15) is 4.79 Å². The number of hydrogen-bond acceptors (Lipinski definition) is 2. The van der Waals surface area contributed by atoms with Crippen molar-refractivity contribution >= 4 is 17.6 Å². The smallest absolute Gasteiger partial charge is 0.308 e. The number of halogens is 1. The molecule has 24 heavy (non-hydrogen) atoms. The van der Waals surface area contributed by atoms with Crippen molar-refractivity contribution < 1.29 is 9.53 Å². The molecule has 0 bridgehead atoms. The molecule has 0 heterocycles. The van der Waals surface area contributed by atoms with E-state index in [1.165, 1.54) is 18.1 Å². The fourth-order valence-corrected chi connectivity index (χ4v) is 3.19. The summed E-state index contributed by atoms with van der Waals surface area (Å²) in [7, 11) is 0. The van der Waals surface area contributed by atoms with Crippen molar-refractivity contribution in [2.24, 2.45) is 0 Å². The Balaban J connectivity index is 2.05. The maximum atomic E-state index is 11.0. The second kappa shape index (κ2) is 8.89. The van der Waals surface area contributed by atoms with Crippen molar-refractivity contribution in [3.05, 3.63) is 65.2 Å². The van der Waals surface area contributed by atoms with Crippen LogP contribution < -0.4 is 4.74 Å². The number of rotatable bonds is 7. The van der Waals surface area contributed by atoms with Gasteiger partial charge in [-0.05, 0) is 53.5 Å². The molecule has 2 unspecified atom stereocenters. The van der Waals surface area contributed by atoms with Crippen molar-refractivity contribution in [3.8, 4) is 5.75 Å². The van der Waals surface area contributed by atoms with Crippen LogP contribution >= 0.6 is 11.6 Å². The molecule has 128 valence electrons. The van der Waals surface area contributed by atoms with Gasteiger partial charge in [-0.25, -0.2) is 0 Å². The molecule has 0 spiro atoms. The lowest BCUT2D eigenvalue weighted by Crippen LogP contribution is -2.05. The Morgan fingerprint density at radius 3 is 2.12 bits per heavy atom. The van der Waals surface area contributed by atoms with E-state index in [2.05, 4.69) is 38.1 Å². The predicted octanol–water partition coefficient (Wildman–Crippen LogP) is 6.04. The van der Waals surface area contributed by atoms with Gasteiger partial charge in [-0.3, -0.25) is 4.79 Å². The number of ether oxygens (including phenoxy) is 1. The molecule has 2 aromatic rings. The van der Waals surface area contributed by atoms with Crippen LogP contribution in [0.2, 0.25) is 0 Å². The summed E-state index contributed by atoms with van der Waals surface area (Å²) in [6, 6.07) is 16.4. The van der Waals surface area contributed by atoms with Gasteiger partial charge in [0.15, 0.2) is 0 Å². The summed E-state index contributed by atoms with van der Waals surface area (Å²) >= 11 is 5.87. The first kappa shape index (κ1) is 18.5. The molecular formula is C21H25ClO2. The van der Waals surface area contributed by atoms with Gasteiger partial charge in [0.1, 0.15) is 5.75 Å². The maximum Gasteiger partial charge on any atom is 0.308 e. The summed E-state index contributed by atoms with van der Waals surface area (Å²) in [4.78, 5) is 11.0. The Hall–Kier alpha value is -1.80. The molecule has 0 N–H and O–H groups in total. The van der Waals surface area contributed by atoms with Crippen LogP contribution in [0.4, 0.5) is 0 Å². The van der Waals surface area contributed by atoms with Gasteiger partial charge in [0.05, 0.1) is 0 Å². The van der Waals surface area contributed by atoms with Crippen LogP contribution in [0.1, 0.15) is 62.1 Å². The van der Waals surface area contributed by atoms with Gasteiger partial charge >= 0.3 is 5.97 Å². The van der Waals surface area contributed by atoms with Gasteiger partial charge in [0, 0.05) is 12.8 Å². The molecule has 0 aliphatic heterocycles. The molecular weight excluding hydrogens is 320 g/mol. The molecule has 2 atom stereocenters. The minimum Gasteiger partial charge on any atom is -0.427 e. The fraction of sp³-hybridized carbons (Fsp3) is 0.381. The summed E-state index contributed by atoms with van der Waals surface area (Å²) < 4.78 is 5.09. The van der Waals surface area contributed by atoms with Crippen molar-refractivity contribution in [3.63, 3.8) is 0 Å². The lowest BCUT2D eigenvalue weighted by Gasteiger charge is -2.21. The monoisotopic (exact) mass is 344 g/mol. The number of hydrogen-bond donors (Lipinski definition) is 0.